The molecule has 202 valence electrons. The number of benzene rings is 2. The third kappa shape index (κ3) is 8.67. The lowest BCUT2D eigenvalue weighted by Crippen LogP contribution is -2.22. The SMILES string of the molecule is CCc1cnc(NCc2cc(Oc3ccc(CCNC(C)=O)cc3)nc(NCc3ccc(OC)cc3)n2)nc1. The molecule has 10 nitrogen and oxygen atoms in total. The number of hydrogen-bond acceptors (Lipinski definition) is 9. The van der Waals surface area contributed by atoms with Crippen LogP contribution in [-0.4, -0.2) is 39.5 Å². The number of aromatic nitrogens is 4. The zero-order valence-corrected chi connectivity index (χ0v) is 22.4. The zero-order chi connectivity index (χ0) is 27.5. The summed E-state index contributed by atoms with van der Waals surface area (Å²) in [6.07, 6.45) is 5.24. The first-order valence-corrected chi connectivity index (χ1v) is 12.8. The van der Waals surface area contributed by atoms with Crippen molar-refractivity contribution in [3.63, 3.8) is 0 Å². The molecular weight excluding hydrogens is 494 g/mol. The normalized spacial score (nSPS) is 10.5. The van der Waals surface area contributed by atoms with Gasteiger partial charge in [-0.25, -0.2) is 15.0 Å². The van der Waals surface area contributed by atoms with Crippen LogP contribution in [-0.2, 0) is 30.7 Å². The van der Waals surface area contributed by atoms with Gasteiger partial charge in [-0.1, -0.05) is 31.2 Å². The van der Waals surface area contributed by atoms with Gasteiger partial charge in [-0.05, 0) is 53.8 Å². The molecule has 2 aromatic carbocycles. The van der Waals surface area contributed by atoms with Crippen molar-refractivity contribution in [1.82, 2.24) is 25.3 Å². The van der Waals surface area contributed by atoms with E-state index in [1.54, 1.807) is 13.2 Å². The van der Waals surface area contributed by atoms with E-state index in [4.69, 9.17) is 9.47 Å². The van der Waals surface area contributed by atoms with Crippen LogP contribution in [0.15, 0.2) is 67.0 Å². The van der Waals surface area contributed by atoms with Gasteiger partial charge in [0.15, 0.2) is 0 Å². The molecule has 10 heteroatoms. The van der Waals surface area contributed by atoms with Crippen molar-refractivity contribution in [2.75, 3.05) is 24.3 Å². The van der Waals surface area contributed by atoms with Crippen LogP contribution in [0.1, 0.15) is 36.2 Å². The van der Waals surface area contributed by atoms with Crippen molar-refractivity contribution in [1.29, 1.82) is 0 Å². The summed E-state index contributed by atoms with van der Waals surface area (Å²) in [6, 6.07) is 17.3. The molecule has 1 amide bonds. The standard InChI is InChI=1S/C29H33N7O3/c1-4-21-16-31-28(32-17-21)34-19-24-15-27(39-26-11-5-22(6-12-26)13-14-30-20(2)37)36-29(35-24)33-18-23-7-9-25(38-3)10-8-23/h5-12,15-17H,4,13-14,18-19H2,1-3H3,(H,30,37)(H,31,32,34)(H,33,35,36). The highest BCUT2D eigenvalue weighted by atomic mass is 16.5. The van der Waals surface area contributed by atoms with Crippen LogP contribution < -0.4 is 25.4 Å². The van der Waals surface area contributed by atoms with Gasteiger partial charge in [-0.3, -0.25) is 4.79 Å². The highest BCUT2D eigenvalue weighted by Gasteiger charge is 2.09. The molecule has 0 radical (unpaired) electrons. The van der Waals surface area contributed by atoms with Crippen LogP contribution in [0.25, 0.3) is 0 Å². The van der Waals surface area contributed by atoms with E-state index in [1.807, 2.05) is 60.9 Å². The van der Waals surface area contributed by atoms with Crippen LogP contribution in [0.4, 0.5) is 11.9 Å². The lowest BCUT2D eigenvalue weighted by Gasteiger charge is -2.12. The molecule has 39 heavy (non-hydrogen) atoms. The molecule has 0 aliphatic rings. The van der Waals surface area contributed by atoms with E-state index in [9.17, 15) is 4.79 Å². The van der Waals surface area contributed by atoms with Crippen molar-refractivity contribution in [3.05, 3.63) is 89.4 Å². The summed E-state index contributed by atoms with van der Waals surface area (Å²) in [6.45, 7) is 5.09. The molecule has 0 saturated carbocycles. The summed E-state index contributed by atoms with van der Waals surface area (Å²) in [7, 11) is 1.64. The number of amides is 1. The number of nitrogens with one attached hydrogen (secondary N) is 3. The van der Waals surface area contributed by atoms with E-state index < -0.39 is 0 Å². The van der Waals surface area contributed by atoms with Gasteiger partial charge in [0, 0.05) is 38.5 Å². The highest BCUT2D eigenvalue weighted by Crippen LogP contribution is 2.23. The first kappa shape index (κ1) is 27.3. The zero-order valence-electron chi connectivity index (χ0n) is 22.4. The number of carbonyl (C=O) groups excluding carboxylic acids is 1. The summed E-state index contributed by atoms with van der Waals surface area (Å²) >= 11 is 0. The molecule has 2 heterocycles. The number of nitrogens with zero attached hydrogens (tertiary/aromatic N) is 4. The Bertz CT molecular complexity index is 1280. The van der Waals surface area contributed by atoms with E-state index in [2.05, 4.69) is 42.8 Å². The minimum absolute atomic E-state index is 0.0371. The van der Waals surface area contributed by atoms with Crippen molar-refractivity contribution in [2.45, 2.75) is 39.8 Å². The number of anilines is 2. The smallest absolute Gasteiger partial charge is 0.226 e. The molecular formula is C29H33N7O3. The van der Waals surface area contributed by atoms with Crippen LogP contribution in [0.2, 0.25) is 0 Å². The monoisotopic (exact) mass is 527 g/mol. The van der Waals surface area contributed by atoms with Gasteiger partial charge >= 0.3 is 0 Å². The number of aryl methyl sites for hydroxylation is 1. The fourth-order valence-electron chi connectivity index (χ4n) is 3.64. The Kier molecular flexibility index (Phi) is 9.60. The predicted molar refractivity (Wildman–Crippen MR) is 150 cm³/mol. The molecule has 2 aromatic heterocycles. The van der Waals surface area contributed by atoms with Crippen molar-refractivity contribution in [3.8, 4) is 17.4 Å². The summed E-state index contributed by atoms with van der Waals surface area (Å²) in [5.74, 6) is 2.78. The molecule has 0 fully saturated rings. The Morgan fingerprint density at radius 1 is 0.821 bits per heavy atom. The predicted octanol–water partition coefficient (Wildman–Crippen LogP) is 4.53. The maximum atomic E-state index is 11.1. The van der Waals surface area contributed by atoms with E-state index >= 15 is 0 Å². The van der Waals surface area contributed by atoms with Crippen molar-refractivity contribution in [2.24, 2.45) is 0 Å². The quantitative estimate of drug-likeness (QED) is 0.230. The lowest BCUT2D eigenvalue weighted by atomic mass is 10.1. The Labute approximate surface area is 228 Å². The molecule has 4 aromatic rings. The molecule has 0 spiro atoms. The minimum atomic E-state index is -0.0371. The van der Waals surface area contributed by atoms with Gasteiger partial charge in [-0.15, -0.1) is 0 Å². The number of hydrogen-bond donors (Lipinski definition) is 3. The lowest BCUT2D eigenvalue weighted by molar-refractivity contribution is -0.118. The molecule has 0 aliphatic heterocycles. The Balaban J connectivity index is 1.47. The molecule has 0 saturated heterocycles. The highest BCUT2D eigenvalue weighted by molar-refractivity contribution is 5.72. The summed E-state index contributed by atoms with van der Waals surface area (Å²) in [4.78, 5) is 29.0. The largest absolute Gasteiger partial charge is 0.497 e. The van der Waals surface area contributed by atoms with Crippen LogP contribution in [0, 0.1) is 0 Å². The third-order valence-corrected chi connectivity index (χ3v) is 5.84. The molecule has 4 rings (SSSR count). The van der Waals surface area contributed by atoms with E-state index in [-0.39, 0.29) is 5.91 Å². The summed E-state index contributed by atoms with van der Waals surface area (Å²) in [5, 5.41) is 9.30. The minimum Gasteiger partial charge on any atom is -0.497 e. The Hall–Kier alpha value is -4.73. The topological polar surface area (TPSA) is 123 Å². The van der Waals surface area contributed by atoms with Crippen LogP contribution >= 0.6 is 0 Å². The summed E-state index contributed by atoms with van der Waals surface area (Å²) in [5.41, 5.74) is 3.95. The maximum absolute atomic E-state index is 11.1. The van der Waals surface area contributed by atoms with E-state index in [0.29, 0.717) is 48.9 Å². The number of methoxy groups -OCH3 is 1. The van der Waals surface area contributed by atoms with Gasteiger partial charge in [-0.2, -0.15) is 4.98 Å². The molecule has 3 N–H and O–H groups in total. The first-order chi connectivity index (χ1) is 19.0. The van der Waals surface area contributed by atoms with Gasteiger partial charge in [0.1, 0.15) is 11.5 Å². The van der Waals surface area contributed by atoms with E-state index in [0.717, 1.165) is 35.3 Å². The Morgan fingerprint density at radius 3 is 2.15 bits per heavy atom. The van der Waals surface area contributed by atoms with Gasteiger partial charge in [0.2, 0.25) is 23.7 Å². The van der Waals surface area contributed by atoms with E-state index in [1.165, 1.54) is 6.92 Å². The number of rotatable bonds is 13. The van der Waals surface area contributed by atoms with Gasteiger partial charge in [0.05, 0.1) is 19.3 Å². The number of ether oxygens (including phenoxy) is 2. The maximum Gasteiger partial charge on any atom is 0.226 e. The fraction of sp³-hybridized carbons (Fsp3) is 0.276. The average molecular weight is 528 g/mol. The molecule has 0 atom stereocenters. The van der Waals surface area contributed by atoms with Crippen molar-refractivity contribution >= 4 is 17.8 Å². The third-order valence-electron chi connectivity index (χ3n) is 5.84. The molecule has 0 aliphatic carbocycles. The average Bonchev–Trinajstić information content (AvgIpc) is 2.96. The van der Waals surface area contributed by atoms with Gasteiger partial charge in [0.25, 0.3) is 0 Å². The second-order valence-electron chi connectivity index (χ2n) is 8.82. The van der Waals surface area contributed by atoms with Crippen molar-refractivity contribution < 1.29 is 14.3 Å². The molecule has 0 unspecified atom stereocenters. The van der Waals surface area contributed by atoms with Gasteiger partial charge < -0.3 is 25.4 Å². The number of carbonyl (C=O) groups is 1. The summed E-state index contributed by atoms with van der Waals surface area (Å²) < 4.78 is 11.3. The van der Waals surface area contributed by atoms with Crippen LogP contribution in [0.3, 0.4) is 0 Å². The molecule has 0 bridgehead atoms. The first-order valence-electron chi connectivity index (χ1n) is 12.8. The van der Waals surface area contributed by atoms with Crippen LogP contribution in [0.5, 0.6) is 17.4 Å². The second-order valence-corrected chi connectivity index (χ2v) is 8.82. The Morgan fingerprint density at radius 2 is 1.49 bits per heavy atom. The second kappa shape index (κ2) is 13.7. The fourth-order valence-corrected chi connectivity index (χ4v) is 3.64.